The predicted octanol–water partition coefficient (Wildman–Crippen LogP) is 2.73. The molecule has 1 atom stereocenters. The van der Waals surface area contributed by atoms with E-state index in [0.717, 1.165) is 25.1 Å². The fraction of sp³-hybridized carbons (Fsp3) is 0.471. The summed E-state index contributed by atoms with van der Waals surface area (Å²) in [4.78, 5) is 18.7. The highest BCUT2D eigenvalue weighted by Gasteiger charge is 2.24. The first-order valence-corrected chi connectivity index (χ1v) is 8.56. The van der Waals surface area contributed by atoms with Gasteiger partial charge in [0.15, 0.2) is 0 Å². The third-order valence-electron chi connectivity index (χ3n) is 4.11. The van der Waals surface area contributed by atoms with Crippen LogP contribution in [0, 0.1) is 0 Å². The van der Waals surface area contributed by atoms with E-state index in [1.165, 1.54) is 0 Å². The van der Waals surface area contributed by atoms with Crippen LogP contribution in [-0.2, 0) is 11.2 Å². The SMILES string of the molecule is CCc1nc(C(=O)N(C)CC2CCCO2)nn1-c1ccccc1Cl. The third kappa shape index (κ3) is 3.44. The molecule has 6 nitrogen and oxygen atoms in total. The van der Waals surface area contributed by atoms with Gasteiger partial charge in [-0.05, 0) is 25.0 Å². The van der Waals surface area contributed by atoms with Gasteiger partial charge in [-0.3, -0.25) is 4.79 Å². The van der Waals surface area contributed by atoms with Gasteiger partial charge in [0.25, 0.3) is 5.91 Å². The molecule has 1 aliphatic rings. The van der Waals surface area contributed by atoms with Gasteiger partial charge in [-0.15, -0.1) is 5.10 Å². The smallest absolute Gasteiger partial charge is 0.293 e. The lowest BCUT2D eigenvalue weighted by molar-refractivity contribution is 0.0578. The zero-order valence-electron chi connectivity index (χ0n) is 13.9. The molecule has 3 rings (SSSR count). The highest BCUT2D eigenvalue weighted by Crippen LogP contribution is 2.21. The van der Waals surface area contributed by atoms with Crippen molar-refractivity contribution in [2.45, 2.75) is 32.3 Å². The van der Waals surface area contributed by atoms with Crippen LogP contribution < -0.4 is 0 Å². The van der Waals surface area contributed by atoms with Gasteiger partial charge < -0.3 is 9.64 Å². The van der Waals surface area contributed by atoms with E-state index < -0.39 is 0 Å². The molecule has 1 fully saturated rings. The van der Waals surface area contributed by atoms with Crippen molar-refractivity contribution < 1.29 is 9.53 Å². The van der Waals surface area contributed by atoms with Crippen molar-refractivity contribution in [1.29, 1.82) is 0 Å². The molecule has 24 heavy (non-hydrogen) atoms. The van der Waals surface area contributed by atoms with E-state index in [0.29, 0.717) is 23.8 Å². The second kappa shape index (κ2) is 7.32. The van der Waals surface area contributed by atoms with Crippen molar-refractivity contribution in [3.8, 4) is 5.69 Å². The number of nitrogens with zero attached hydrogens (tertiary/aromatic N) is 4. The highest BCUT2D eigenvalue weighted by atomic mass is 35.5. The molecule has 1 saturated heterocycles. The van der Waals surface area contributed by atoms with Gasteiger partial charge >= 0.3 is 0 Å². The quantitative estimate of drug-likeness (QED) is 0.833. The molecule has 0 radical (unpaired) electrons. The Bertz CT molecular complexity index is 725. The fourth-order valence-corrected chi connectivity index (χ4v) is 3.04. The minimum atomic E-state index is -0.203. The maximum atomic E-state index is 12.6. The monoisotopic (exact) mass is 348 g/mol. The van der Waals surface area contributed by atoms with Crippen molar-refractivity contribution in [2.75, 3.05) is 20.2 Å². The van der Waals surface area contributed by atoms with Gasteiger partial charge in [-0.2, -0.15) is 0 Å². The Labute approximate surface area is 146 Å². The Morgan fingerprint density at radius 1 is 1.46 bits per heavy atom. The summed E-state index contributed by atoms with van der Waals surface area (Å²) in [6.07, 6.45) is 2.79. The van der Waals surface area contributed by atoms with E-state index >= 15 is 0 Å². The molecule has 1 amide bonds. The summed E-state index contributed by atoms with van der Waals surface area (Å²) in [6.45, 7) is 3.30. The number of carbonyl (C=O) groups excluding carboxylic acids is 1. The number of ether oxygens (including phenoxy) is 1. The van der Waals surface area contributed by atoms with Gasteiger partial charge in [-0.1, -0.05) is 30.7 Å². The highest BCUT2D eigenvalue weighted by molar-refractivity contribution is 6.32. The molecule has 0 bridgehead atoms. The van der Waals surface area contributed by atoms with Gasteiger partial charge in [0.1, 0.15) is 5.82 Å². The molecule has 7 heteroatoms. The van der Waals surface area contributed by atoms with Crippen LogP contribution in [0.25, 0.3) is 5.69 Å². The molecular weight excluding hydrogens is 328 g/mol. The predicted molar refractivity (Wildman–Crippen MR) is 91.7 cm³/mol. The molecule has 2 aromatic rings. The molecule has 0 saturated carbocycles. The topological polar surface area (TPSA) is 60.3 Å². The molecule has 1 unspecified atom stereocenters. The van der Waals surface area contributed by atoms with E-state index in [1.54, 1.807) is 22.7 Å². The van der Waals surface area contributed by atoms with Crippen LogP contribution in [0.3, 0.4) is 0 Å². The maximum absolute atomic E-state index is 12.6. The number of hydrogen-bond acceptors (Lipinski definition) is 4. The number of para-hydroxylation sites is 1. The minimum Gasteiger partial charge on any atom is -0.376 e. The van der Waals surface area contributed by atoms with E-state index in [4.69, 9.17) is 16.3 Å². The van der Waals surface area contributed by atoms with Crippen LogP contribution in [0.4, 0.5) is 0 Å². The Kier molecular flexibility index (Phi) is 5.16. The van der Waals surface area contributed by atoms with E-state index in [2.05, 4.69) is 10.1 Å². The van der Waals surface area contributed by atoms with Crippen LogP contribution in [-0.4, -0.2) is 51.9 Å². The summed E-state index contributed by atoms with van der Waals surface area (Å²) < 4.78 is 7.24. The number of aryl methyl sites for hydroxylation is 1. The summed E-state index contributed by atoms with van der Waals surface area (Å²) in [5, 5.41) is 4.97. The third-order valence-corrected chi connectivity index (χ3v) is 4.43. The molecule has 2 heterocycles. The van der Waals surface area contributed by atoms with Crippen molar-refractivity contribution in [3.63, 3.8) is 0 Å². The number of halogens is 1. The number of amides is 1. The van der Waals surface area contributed by atoms with E-state index in [1.807, 2.05) is 25.1 Å². The van der Waals surface area contributed by atoms with E-state index in [9.17, 15) is 4.79 Å². The van der Waals surface area contributed by atoms with Crippen molar-refractivity contribution in [2.24, 2.45) is 0 Å². The van der Waals surface area contributed by atoms with Crippen molar-refractivity contribution in [1.82, 2.24) is 19.7 Å². The summed E-state index contributed by atoms with van der Waals surface area (Å²) in [7, 11) is 1.76. The normalized spacial score (nSPS) is 17.2. The average Bonchev–Trinajstić information content (AvgIpc) is 3.23. The number of hydrogen-bond donors (Lipinski definition) is 0. The van der Waals surface area contributed by atoms with Gasteiger partial charge in [0.05, 0.1) is 16.8 Å². The lowest BCUT2D eigenvalue weighted by Gasteiger charge is -2.19. The van der Waals surface area contributed by atoms with Crippen molar-refractivity contribution >= 4 is 17.5 Å². The first-order chi connectivity index (χ1) is 11.6. The fourth-order valence-electron chi connectivity index (χ4n) is 2.83. The molecule has 0 spiro atoms. The van der Waals surface area contributed by atoms with Crippen LogP contribution in [0.1, 0.15) is 36.2 Å². The minimum absolute atomic E-state index is 0.107. The average molecular weight is 349 g/mol. The number of likely N-dealkylation sites (N-methyl/N-ethyl adjacent to an activating group) is 1. The van der Waals surface area contributed by atoms with E-state index in [-0.39, 0.29) is 17.8 Å². The van der Waals surface area contributed by atoms with Crippen LogP contribution >= 0.6 is 11.6 Å². The lowest BCUT2D eigenvalue weighted by atomic mass is 10.2. The second-order valence-corrected chi connectivity index (χ2v) is 6.30. The van der Waals surface area contributed by atoms with Crippen LogP contribution in [0.5, 0.6) is 0 Å². The summed E-state index contributed by atoms with van der Waals surface area (Å²) >= 11 is 6.25. The van der Waals surface area contributed by atoms with Crippen LogP contribution in [0.2, 0.25) is 5.02 Å². The molecule has 0 aliphatic carbocycles. The molecular formula is C17H21ClN4O2. The van der Waals surface area contributed by atoms with Gasteiger partial charge in [-0.25, -0.2) is 9.67 Å². The molecule has 0 N–H and O–H groups in total. The van der Waals surface area contributed by atoms with Crippen LogP contribution in [0.15, 0.2) is 24.3 Å². The first kappa shape index (κ1) is 16.9. The van der Waals surface area contributed by atoms with Gasteiger partial charge in [0.2, 0.25) is 5.82 Å². The lowest BCUT2D eigenvalue weighted by Crippen LogP contribution is -2.34. The summed E-state index contributed by atoms with van der Waals surface area (Å²) in [5.74, 6) is 0.690. The first-order valence-electron chi connectivity index (χ1n) is 8.18. The standard InChI is InChI=1S/C17H21ClN4O2/c1-3-15-19-16(17(23)21(2)11-12-7-6-10-24-12)20-22(15)14-9-5-4-8-13(14)18/h4-5,8-9,12H,3,6-7,10-11H2,1-2H3. The van der Waals surface area contributed by atoms with Gasteiger partial charge in [0, 0.05) is 26.6 Å². The zero-order chi connectivity index (χ0) is 17.1. The zero-order valence-corrected chi connectivity index (χ0v) is 14.7. The maximum Gasteiger partial charge on any atom is 0.293 e. The number of aromatic nitrogens is 3. The molecule has 128 valence electrons. The van der Waals surface area contributed by atoms with Crippen molar-refractivity contribution in [3.05, 3.63) is 40.9 Å². The largest absolute Gasteiger partial charge is 0.376 e. The Morgan fingerprint density at radius 3 is 2.92 bits per heavy atom. The Hall–Kier alpha value is -1.92. The molecule has 1 aromatic carbocycles. The summed E-state index contributed by atoms with van der Waals surface area (Å²) in [5.41, 5.74) is 0.726. The second-order valence-electron chi connectivity index (χ2n) is 5.89. The number of carbonyl (C=O) groups is 1. The Balaban J connectivity index is 1.83. The Morgan fingerprint density at radius 2 is 2.25 bits per heavy atom. The number of rotatable bonds is 5. The summed E-state index contributed by atoms with van der Waals surface area (Å²) in [6, 6.07) is 7.40. The molecule has 1 aromatic heterocycles. The molecule has 1 aliphatic heterocycles. The number of benzene rings is 1.